The van der Waals surface area contributed by atoms with Crippen LogP contribution in [0.15, 0.2) is 46.0 Å². The molecule has 0 aromatic carbocycles. The van der Waals surface area contributed by atoms with Crippen molar-refractivity contribution in [3.05, 3.63) is 69.9 Å². The van der Waals surface area contributed by atoms with Crippen molar-refractivity contribution in [1.82, 2.24) is 24.6 Å². The molecule has 4 aromatic heterocycles. The number of pyridine rings is 1. The summed E-state index contributed by atoms with van der Waals surface area (Å²) in [5.41, 5.74) is 4.46. The quantitative estimate of drug-likeness (QED) is 0.532. The van der Waals surface area contributed by atoms with Gasteiger partial charge >= 0.3 is 0 Å². The molecule has 8 heteroatoms. The van der Waals surface area contributed by atoms with Gasteiger partial charge in [-0.15, -0.1) is 5.10 Å². The van der Waals surface area contributed by atoms with Crippen LogP contribution in [0.5, 0.6) is 0 Å². The molecule has 0 N–H and O–H groups in total. The topological polar surface area (TPSA) is 89.4 Å². The predicted octanol–water partition coefficient (Wildman–Crippen LogP) is 2.32. The first-order valence-corrected chi connectivity index (χ1v) is 9.10. The Kier molecular flexibility index (Phi) is 3.71. The lowest BCUT2D eigenvalue weighted by Gasteiger charge is -2.30. The molecular weight excluding hydrogens is 356 g/mol. The average molecular weight is 374 g/mol. The number of anilines is 1. The largest absolute Gasteiger partial charge is 0.441 e. The Balaban J connectivity index is 1.53. The highest BCUT2D eigenvalue weighted by molar-refractivity contribution is 5.59. The summed E-state index contributed by atoms with van der Waals surface area (Å²) in [6, 6.07) is 5.41. The summed E-state index contributed by atoms with van der Waals surface area (Å²) >= 11 is 0. The van der Waals surface area contributed by atoms with Crippen molar-refractivity contribution in [2.75, 3.05) is 11.4 Å². The molecule has 4 aromatic rings. The van der Waals surface area contributed by atoms with E-state index in [9.17, 15) is 4.79 Å². The second kappa shape index (κ2) is 6.26. The van der Waals surface area contributed by atoms with E-state index in [1.165, 1.54) is 16.8 Å². The first-order chi connectivity index (χ1) is 13.6. The number of nitrogens with zero attached hydrogens (tertiary/aromatic N) is 6. The maximum absolute atomic E-state index is 12.1. The van der Waals surface area contributed by atoms with Gasteiger partial charge in [-0.1, -0.05) is 0 Å². The van der Waals surface area contributed by atoms with Gasteiger partial charge in [0.25, 0.3) is 5.56 Å². The summed E-state index contributed by atoms with van der Waals surface area (Å²) in [5.74, 6) is 2.13. The van der Waals surface area contributed by atoms with Crippen molar-refractivity contribution in [2.24, 2.45) is 0 Å². The summed E-state index contributed by atoms with van der Waals surface area (Å²) < 4.78 is 6.98. The van der Waals surface area contributed by atoms with Crippen LogP contribution in [0, 0.1) is 13.8 Å². The van der Waals surface area contributed by atoms with Gasteiger partial charge in [0.15, 0.2) is 23.1 Å². The first-order valence-electron chi connectivity index (χ1n) is 9.10. The van der Waals surface area contributed by atoms with Crippen molar-refractivity contribution in [2.45, 2.75) is 26.8 Å². The van der Waals surface area contributed by atoms with Crippen molar-refractivity contribution >= 4 is 11.5 Å². The van der Waals surface area contributed by atoms with Gasteiger partial charge in [0.05, 0.1) is 6.20 Å². The number of hydrogen-bond donors (Lipinski definition) is 0. The van der Waals surface area contributed by atoms with E-state index in [1.54, 1.807) is 6.20 Å². The van der Waals surface area contributed by atoms with E-state index in [0.29, 0.717) is 23.8 Å². The molecule has 28 heavy (non-hydrogen) atoms. The Bertz CT molecular complexity index is 1260. The number of fused-ring (bicyclic) bond motifs is 2. The van der Waals surface area contributed by atoms with Crippen LogP contribution in [0.3, 0.4) is 0 Å². The van der Waals surface area contributed by atoms with Crippen LogP contribution in [0.25, 0.3) is 17.0 Å². The standard InChI is InChI=1S/C20H18N6O2/c1-12-7-18-21-5-3-19(27)26(18)24-20(12)25-6-4-16-15(11-25)8-14(9-23-16)17-10-22-13(2)28-17/h3,5,7-10H,4,6,11H2,1-2H3. The van der Waals surface area contributed by atoms with E-state index in [2.05, 4.69) is 31.0 Å². The Morgan fingerprint density at radius 1 is 1.11 bits per heavy atom. The van der Waals surface area contributed by atoms with Crippen LogP contribution in [0.2, 0.25) is 0 Å². The lowest BCUT2D eigenvalue weighted by molar-refractivity contribution is 0.534. The van der Waals surface area contributed by atoms with E-state index < -0.39 is 0 Å². The van der Waals surface area contributed by atoms with Crippen LogP contribution in [-0.4, -0.2) is 31.1 Å². The van der Waals surface area contributed by atoms with Crippen molar-refractivity contribution in [3.63, 3.8) is 0 Å². The molecule has 1 aliphatic heterocycles. The summed E-state index contributed by atoms with van der Waals surface area (Å²) in [5, 5.41) is 4.57. The van der Waals surface area contributed by atoms with E-state index in [0.717, 1.165) is 41.2 Å². The van der Waals surface area contributed by atoms with Gasteiger partial charge in [-0.3, -0.25) is 9.78 Å². The highest BCUT2D eigenvalue weighted by atomic mass is 16.4. The fourth-order valence-corrected chi connectivity index (χ4v) is 3.60. The number of aromatic nitrogens is 5. The van der Waals surface area contributed by atoms with E-state index >= 15 is 0 Å². The smallest absolute Gasteiger partial charge is 0.274 e. The molecule has 0 aliphatic carbocycles. The lowest BCUT2D eigenvalue weighted by atomic mass is 10.0. The lowest BCUT2D eigenvalue weighted by Crippen LogP contribution is -2.33. The summed E-state index contributed by atoms with van der Waals surface area (Å²) in [6.45, 7) is 5.26. The molecular formula is C20H18N6O2. The second-order valence-electron chi connectivity index (χ2n) is 6.95. The Morgan fingerprint density at radius 3 is 2.82 bits per heavy atom. The third kappa shape index (κ3) is 2.74. The average Bonchev–Trinajstić information content (AvgIpc) is 3.13. The van der Waals surface area contributed by atoms with Gasteiger partial charge < -0.3 is 9.32 Å². The summed E-state index contributed by atoms with van der Waals surface area (Å²) in [6.07, 6.45) is 5.87. The van der Waals surface area contributed by atoms with Crippen LogP contribution in [0.4, 0.5) is 5.82 Å². The highest BCUT2D eigenvalue weighted by Gasteiger charge is 2.22. The third-order valence-corrected chi connectivity index (χ3v) is 4.99. The Labute approximate surface area is 160 Å². The number of rotatable bonds is 2. The van der Waals surface area contributed by atoms with Crippen LogP contribution >= 0.6 is 0 Å². The van der Waals surface area contributed by atoms with Gasteiger partial charge in [-0.2, -0.15) is 4.52 Å². The van der Waals surface area contributed by atoms with Crippen molar-refractivity contribution in [3.8, 4) is 11.3 Å². The maximum atomic E-state index is 12.1. The Hall–Kier alpha value is -3.55. The molecule has 0 bridgehead atoms. The predicted molar refractivity (Wildman–Crippen MR) is 103 cm³/mol. The normalized spacial score (nSPS) is 13.7. The molecule has 0 atom stereocenters. The van der Waals surface area contributed by atoms with Gasteiger partial charge in [-0.05, 0) is 30.2 Å². The molecule has 0 fully saturated rings. The zero-order chi connectivity index (χ0) is 19.3. The minimum Gasteiger partial charge on any atom is -0.441 e. The number of oxazole rings is 1. The van der Waals surface area contributed by atoms with Gasteiger partial charge in [0, 0.05) is 56.2 Å². The van der Waals surface area contributed by atoms with Gasteiger partial charge in [0.1, 0.15) is 0 Å². The molecule has 0 spiro atoms. The zero-order valence-electron chi connectivity index (χ0n) is 15.6. The minimum atomic E-state index is -0.187. The maximum Gasteiger partial charge on any atom is 0.274 e. The molecule has 5 heterocycles. The Morgan fingerprint density at radius 2 is 2.00 bits per heavy atom. The molecule has 8 nitrogen and oxygen atoms in total. The fourth-order valence-electron chi connectivity index (χ4n) is 3.60. The van der Waals surface area contributed by atoms with E-state index in [4.69, 9.17) is 4.42 Å². The molecule has 0 amide bonds. The summed E-state index contributed by atoms with van der Waals surface area (Å²) in [4.78, 5) is 27.3. The third-order valence-electron chi connectivity index (χ3n) is 4.99. The fraction of sp³-hybridized carbons (Fsp3) is 0.250. The molecule has 0 saturated heterocycles. The molecule has 0 unspecified atom stereocenters. The van der Waals surface area contributed by atoms with Crippen molar-refractivity contribution < 1.29 is 4.42 Å². The van der Waals surface area contributed by atoms with Gasteiger partial charge in [0.2, 0.25) is 0 Å². The second-order valence-corrected chi connectivity index (χ2v) is 6.95. The number of aryl methyl sites for hydroxylation is 2. The molecule has 140 valence electrons. The minimum absolute atomic E-state index is 0.187. The highest BCUT2D eigenvalue weighted by Crippen LogP contribution is 2.28. The SMILES string of the molecule is Cc1ncc(-c2cnc3c(c2)CN(c2nn4c(=O)ccnc4cc2C)CC3)o1. The van der Waals surface area contributed by atoms with E-state index in [-0.39, 0.29) is 5.56 Å². The molecule has 1 aliphatic rings. The van der Waals surface area contributed by atoms with Crippen LogP contribution in [-0.2, 0) is 13.0 Å². The van der Waals surface area contributed by atoms with Crippen molar-refractivity contribution in [1.29, 1.82) is 0 Å². The van der Waals surface area contributed by atoms with Crippen LogP contribution in [0.1, 0.15) is 22.7 Å². The molecule has 5 rings (SSSR count). The first kappa shape index (κ1) is 16.6. The monoisotopic (exact) mass is 374 g/mol. The molecule has 0 radical (unpaired) electrons. The van der Waals surface area contributed by atoms with Crippen LogP contribution < -0.4 is 10.5 Å². The van der Waals surface area contributed by atoms with Gasteiger partial charge in [-0.25, -0.2) is 9.97 Å². The molecule has 0 saturated carbocycles. The summed E-state index contributed by atoms with van der Waals surface area (Å²) in [7, 11) is 0. The zero-order valence-corrected chi connectivity index (χ0v) is 15.6. The number of hydrogen-bond acceptors (Lipinski definition) is 7. The van der Waals surface area contributed by atoms with E-state index in [1.807, 2.05) is 26.1 Å².